The van der Waals surface area contributed by atoms with Crippen molar-refractivity contribution in [1.82, 2.24) is 0 Å². The zero-order valence-corrected chi connectivity index (χ0v) is 16.9. The van der Waals surface area contributed by atoms with Gasteiger partial charge >= 0.3 is 5.97 Å². The van der Waals surface area contributed by atoms with E-state index in [2.05, 4.69) is 33.0 Å². The third-order valence-corrected chi connectivity index (χ3v) is 7.06. The first-order valence-electron chi connectivity index (χ1n) is 8.55. The number of hydrogen-bond acceptors (Lipinski definition) is 4. The van der Waals surface area contributed by atoms with Crippen LogP contribution in [0.3, 0.4) is 0 Å². The van der Waals surface area contributed by atoms with Crippen molar-refractivity contribution < 1.29 is 14.6 Å². The molecule has 1 atom stereocenters. The molecule has 25 heavy (non-hydrogen) atoms. The molecule has 0 aliphatic heterocycles. The zero-order chi connectivity index (χ0) is 18.3. The Labute approximate surface area is 161 Å². The number of halogens is 1. The van der Waals surface area contributed by atoms with Gasteiger partial charge in [-0.25, -0.2) is 9.79 Å². The number of carboxylic acid groups (broad SMARTS) is 1. The number of aliphatic imine (C=N–C) groups is 1. The van der Waals surface area contributed by atoms with Crippen LogP contribution in [0.1, 0.15) is 50.2 Å². The molecule has 0 radical (unpaired) electrons. The molecule has 4 nitrogen and oxygen atoms in total. The van der Waals surface area contributed by atoms with Crippen molar-refractivity contribution in [3.63, 3.8) is 0 Å². The van der Waals surface area contributed by atoms with Crippen LogP contribution in [0.2, 0.25) is 0 Å². The molecule has 0 amide bonds. The predicted octanol–water partition coefficient (Wildman–Crippen LogP) is 4.74. The first-order valence-corrected chi connectivity index (χ1v) is 9.75. The van der Waals surface area contributed by atoms with Crippen molar-refractivity contribution >= 4 is 39.3 Å². The molecule has 1 fully saturated rings. The van der Waals surface area contributed by atoms with Crippen LogP contribution in [0, 0.1) is 5.41 Å². The number of isothiocyanates is 1. The van der Waals surface area contributed by atoms with Gasteiger partial charge in [-0.2, -0.15) is 0 Å². The monoisotopic (exact) mass is 423 g/mol. The Morgan fingerprint density at radius 2 is 2.08 bits per heavy atom. The van der Waals surface area contributed by atoms with E-state index in [9.17, 15) is 9.90 Å². The third kappa shape index (κ3) is 2.62. The second-order valence-electron chi connectivity index (χ2n) is 7.22. The number of hydrogen-bond donors (Lipinski definition) is 1. The quantitative estimate of drug-likeness (QED) is 0.560. The summed E-state index contributed by atoms with van der Waals surface area (Å²) in [7, 11) is 1.75. The Bertz CT molecular complexity index is 741. The maximum atomic E-state index is 12.5. The Kier molecular flexibility index (Phi) is 4.93. The lowest BCUT2D eigenvalue weighted by Crippen LogP contribution is -2.52. The number of nitrogens with zero attached hydrogens (tertiary/aromatic N) is 1. The lowest BCUT2D eigenvalue weighted by atomic mass is 9.59. The van der Waals surface area contributed by atoms with Crippen molar-refractivity contribution in [2.75, 3.05) is 7.11 Å². The molecule has 6 heteroatoms. The molecule has 1 aromatic carbocycles. The van der Waals surface area contributed by atoms with Gasteiger partial charge in [-0.1, -0.05) is 28.9 Å². The minimum absolute atomic E-state index is 0.160. The number of rotatable bonds is 4. The largest absolute Gasteiger partial charge is 0.479 e. The minimum Gasteiger partial charge on any atom is -0.479 e. The molecule has 1 N–H and O–H groups in total. The average Bonchev–Trinajstić information content (AvgIpc) is 2.87. The van der Waals surface area contributed by atoms with Crippen LogP contribution in [-0.4, -0.2) is 28.9 Å². The van der Waals surface area contributed by atoms with Crippen LogP contribution in [0.5, 0.6) is 0 Å². The topological polar surface area (TPSA) is 58.9 Å². The summed E-state index contributed by atoms with van der Waals surface area (Å²) >= 11 is 8.34. The van der Waals surface area contributed by atoms with E-state index in [-0.39, 0.29) is 5.60 Å². The summed E-state index contributed by atoms with van der Waals surface area (Å²) in [6.07, 6.45) is 4.77. The summed E-state index contributed by atoms with van der Waals surface area (Å²) in [6, 6.07) is 5.84. The maximum Gasteiger partial charge on any atom is 0.337 e. The van der Waals surface area contributed by atoms with Crippen molar-refractivity contribution in [1.29, 1.82) is 0 Å². The molecular weight excluding hydrogens is 402 g/mol. The molecule has 0 heterocycles. The summed E-state index contributed by atoms with van der Waals surface area (Å²) < 4.78 is 6.64. The van der Waals surface area contributed by atoms with Crippen molar-refractivity contribution in [2.24, 2.45) is 10.4 Å². The molecule has 2 aliphatic carbocycles. The van der Waals surface area contributed by atoms with Crippen LogP contribution < -0.4 is 0 Å². The maximum absolute atomic E-state index is 12.5. The van der Waals surface area contributed by atoms with E-state index in [0.29, 0.717) is 6.42 Å². The van der Waals surface area contributed by atoms with Gasteiger partial charge in [0.05, 0.1) is 10.8 Å². The Morgan fingerprint density at radius 3 is 2.60 bits per heavy atom. The van der Waals surface area contributed by atoms with Crippen molar-refractivity contribution in [2.45, 2.75) is 56.6 Å². The minimum atomic E-state index is -1.36. The van der Waals surface area contributed by atoms with Crippen LogP contribution in [0.15, 0.2) is 27.7 Å². The summed E-state index contributed by atoms with van der Waals surface area (Å²) in [6.45, 7) is 2.13. The SMILES string of the molecule is CCC1(OC)CCC2(CC1)Cc1ccc(Br)cc1C2(N=C=S)C(=O)O. The molecule has 3 rings (SSSR count). The smallest absolute Gasteiger partial charge is 0.337 e. The Balaban J connectivity index is 2.15. The Hall–Kier alpha value is -1.07. The zero-order valence-electron chi connectivity index (χ0n) is 14.5. The highest BCUT2D eigenvalue weighted by Crippen LogP contribution is 2.61. The average molecular weight is 424 g/mol. The highest BCUT2D eigenvalue weighted by Gasteiger charge is 2.64. The summed E-state index contributed by atoms with van der Waals surface area (Å²) in [5.41, 5.74) is -0.215. The standard InChI is InChI=1S/C19H22BrNO3S/c1-3-18(24-2)8-6-17(7-9-18)11-13-4-5-14(20)10-15(13)19(17,16(22)23)21-12-25/h4-5,10H,3,6-9,11H2,1-2H3,(H,22,23). The molecule has 134 valence electrons. The molecule has 2 aliphatic rings. The highest BCUT2D eigenvalue weighted by molar-refractivity contribution is 9.10. The van der Waals surface area contributed by atoms with Crippen molar-refractivity contribution in [3.8, 4) is 0 Å². The van der Waals surface area contributed by atoms with Gasteiger partial charge in [-0.3, -0.25) is 0 Å². The number of carbonyl (C=O) groups is 1. The number of methoxy groups -OCH3 is 1. The van der Waals surface area contributed by atoms with Crippen LogP contribution >= 0.6 is 28.1 Å². The molecule has 0 bridgehead atoms. The summed E-state index contributed by atoms with van der Waals surface area (Å²) in [5.74, 6) is -0.942. The van der Waals surface area contributed by atoms with E-state index < -0.39 is 16.9 Å². The third-order valence-electron chi connectivity index (χ3n) is 6.48. The van der Waals surface area contributed by atoms with Gasteiger partial charge in [0.1, 0.15) is 0 Å². The normalized spacial score (nSPS) is 33.7. The van der Waals surface area contributed by atoms with E-state index in [1.165, 1.54) is 0 Å². The van der Waals surface area contributed by atoms with Gasteiger partial charge in [-0.05, 0) is 74.0 Å². The number of fused-ring (bicyclic) bond motifs is 1. The second kappa shape index (κ2) is 6.58. The van der Waals surface area contributed by atoms with Crippen LogP contribution in [0.25, 0.3) is 0 Å². The fourth-order valence-electron chi connectivity index (χ4n) is 4.88. The lowest BCUT2D eigenvalue weighted by molar-refractivity contribution is -0.154. The number of carboxylic acids is 1. The summed E-state index contributed by atoms with van der Waals surface area (Å²) in [5, 5.41) is 12.7. The van der Waals surface area contributed by atoms with Gasteiger partial charge in [0.25, 0.3) is 0 Å². The molecule has 1 aromatic rings. The van der Waals surface area contributed by atoms with E-state index >= 15 is 0 Å². The molecule has 1 unspecified atom stereocenters. The Morgan fingerprint density at radius 1 is 1.40 bits per heavy atom. The number of ether oxygens (including phenoxy) is 1. The van der Waals surface area contributed by atoms with E-state index in [1.807, 2.05) is 18.2 Å². The fourth-order valence-corrected chi connectivity index (χ4v) is 5.38. The first kappa shape index (κ1) is 18.7. The predicted molar refractivity (Wildman–Crippen MR) is 103 cm³/mol. The van der Waals surface area contributed by atoms with Gasteiger partial charge in [0.2, 0.25) is 0 Å². The number of thiocarbonyl (C=S) groups is 1. The summed E-state index contributed by atoms with van der Waals surface area (Å²) in [4.78, 5) is 16.9. The van der Waals surface area contributed by atoms with Gasteiger partial charge in [0.15, 0.2) is 5.54 Å². The fraction of sp³-hybridized carbons (Fsp3) is 0.579. The van der Waals surface area contributed by atoms with E-state index in [4.69, 9.17) is 17.0 Å². The lowest BCUT2D eigenvalue weighted by Gasteiger charge is -2.48. The molecule has 1 spiro atoms. The van der Waals surface area contributed by atoms with Gasteiger partial charge in [-0.15, -0.1) is 0 Å². The molecular formula is C19H22BrNO3S. The molecule has 0 aromatic heterocycles. The first-order chi connectivity index (χ1) is 11.9. The van der Waals surface area contributed by atoms with Crippen molar-refractivity contribution in [3.05, 3.63) is 33.8 Å². The number of benzene rings is 1. The second-order valence-corrected chi connectivity index (χ2v) is 8.32. The van der Waals surface area contributed by atoms with Gasteiger partial charge in [0, 0.05) is 17.0 Å². The van der Waals surface area contributed by atoms with Crippen LogP contribution in [0.4, 0.5) is 0 Å². The highest BCUT2D eigenvalue weighted by atomic mass is 79.9. The molecule has 0 saturated heterocycles. The van der Waals surface area contributed by atoms with E-state index in [1.54, 1.807) is 7.11 Å². The van der Waals surface area contributed by atoms with Crippen LogP contribution in [-0.2, 0) is 21.5 Å². The molecule has 1 saturated carbocycles. The van der Waals surface area contributed by atoms with E-state index in [0.717, 1.165) is 47.7 Å². The number of aliphatic carboxylic acids is 1. The van der Waals surface area contributed by atoms with Gasteiger partial charge < -0.3 is 9.84 Å².